The fourth-order valence-electron chi connectivity index (χ4n) is 1.86. The maximum atomic E-state index is 13.5. The van der Waals surface area contributed by atoms with Gasteiger partial charge in [0.15, 0.2) is 0 Å². The molecule has 0 aliphatic carbocycles. The van der Waals surface area contributed by atoms with E-state index in [0.29, 0.717) is 6.07 Å². The van der Waals surface area contributed by atoms with E-state index in [1.807, 2.05) is 0 Å². The van der Waals surface area contributed by atoms with E-state index < -0.39 is 29.3 Å². The Kier molecular flexibility index (Phi) is 3.85. The van der Waals surface area contributed by atoms with Crippen molar-refractivity contribution in [1.29, 1.82) is 0 Å². The van der Waals surface area contributed by atoms with Gasteiger partial charge in [0.2, 0.25) is 0 Å². The predicted molar refractivity (Wildman–Crippen MR) is 63.3 cm³/mol. The van der Waals surface area contributed by atoms with Crippen molar-refractivity contribution in [3.63, 3.8) is 0 Å². The monoisotopic (exact) mass is 269 g/mol. The van der Waals surface area contributed by atoms with Gasteiger partial charge in [-0.3, -0.25) is 0 Å². The van der Waals surface area contributed by atoms with E-state index in [0.717, 1.165) is 18.2 Å². The maximum Gasteiger partial charge on any atom is 0.130 e. The minimum Gasteiger partial charge on any atom is -0.324 e. The third kappa shape index (κ3) is 2.93. The molecule has 1 atom stereocenters. The summed E-state index contributed by atoms with van der Waals surface area (Å²) < 4.78 is 53.1. The quantitative estimate of drug-likeness (QED) is 0.848. The number of hydrogen-bond acceptors (Lipinski definition) is 1. The van der Waals surface area contributed by atoms with Crippen LogP contribution in [0.2, 0.25) is 0 Å². The van der Waals surface area contributed by atoms with Crippen LogP contribution in [0.1, 0.15) is 17.2 Å². The molecule has 2 rings (SSSR count). The molecule has 0 aromatic heterocycles. The molecule has 19 heavy (non-hydrogen) atoms. The normalized spacial score (nSPS) is 12.5. The number of rotatable bonds is 3. The van der Waals surface area contributed by atoms with Crippen LogP contribution in [0, 0.1) is 23.3 Å². The highest BCUT2D eigenvalue weighted by Crippen LogP contribution is 2.22. The summed E-state index contributed by atoms with van der Waals surface area (Å²) in [5.74, 6) is -3.04. The Morgan fingerprint density at radius 2 is 1.53 bits per heavy atom. The molecule has 0 saturated carbocycles. The van der Waals surface area contributed by atoms with Crippen LogP contribution in [-0.4, -0.2) is 0 Å². The molecule has 2 aromatic carbocycles. The lowest BCUT2D eigenvalue weighted by Crippen LogP contribution is -2.16. The molecule has 100 valence electrons. The van der Waals surface area contributed by atoms with Gasteiger partial charge in [0.25, 0.3) is 0 Å². The van der Waals surface area contributed by atoms with Gasteiger partial charge >= 0.3 is 0 Å². The van der Waals surface area contributed by atoms with Crippen LogP contribution >= 0.6 is 0 Å². The summed E-state index contributed by atoms with van der Waals surface area (Å²) in [6.07, 6.45) is -0.207. The summed E-state index contributed by atoms with van der Waals surface area (Å²) >= 11 is 0. The fraction of sp³-hybridized carbons (Fsp3) is 0.143. The molecule has 2 aromatic rings. The molecule has 0 bridgehead atoms. The number of hydrogen-bond donors (Lipinski definition) is 1. The highest BCUT2D eigenvalue weighted by Gasteiger charge is 2.17. The minimum atomic E-state index is -0.952. The Morgan fingerprint density at radius 3 is 2.11 bits per heavy atom. The molecule has 0 spiro atoms. The van der Waals surface area contributed by atoms with Gasteiger partial charge in [-0.2, -0.15) is 0 Å². The molecule has 1 nitrogen and oxygen atoms in total. The first-order chi connectivity index (χ1) is 8.99. The van der Waals surface area contributed by atoms with Crippen molar-refractivity contribution >= 4 is 0 Å². The van der Waals surface area contributed by atoms with Gasteiger partial charge in [0, 0.05) is 23.2 Å². The average Bonchev–Trinajstić information content (AvgIpc) is 2.33. The third-order valence-electron chi connectivity index (χ3n) is 2.85. The fourth-order valence-corrected chi connectivity index (χ4v) is 1.86. The van der Waals surface area contributed by atoms with E-state index in [1.165, 1.54) is 12.1 Å². The van der Waals surface area contributed by atoms with Crippen molar-refractivity contribution in [3.05, 3.63) is 70.8 Å². The van der Waals surface area contributed by atoms with Crippen molar-refractivity contribution < 1.29 is 17.6 Å². The topological polar surface area (TPSA) is 26.0 Å². The smallest absolute Gasteiger partial charge is 0.130 e. The van der Waals surface area contributed by atoms with Gasteiger partial charge < -0.3 is 5.73 Å². The number of halogens is 4. The Bertz CT molecular complexity index is 578. The molecule has 0 aliphatic rings. The van der Waals surface area contributed by atoms with Crippen molar-refractivity contribution in [1.82, 2.24) is 0 Å². The van der Waals surface area contributed by atoms with E-state index in [1.54, 1.807) is 0 Å². The summed E-state index contributed by atoms with van der Waals surface area (Å²) in [5.41, 5.74) is 5.53. The van der Waals surface area contributed by atoms with Crippen molar-refractivity contribution in [2.45, 2.75) is 12.5 Å². The van der Waals surface area contributed by atoms with Crippen molar-refractivity contribution in [3.8, 4) is 0 Å². The molecule has 0 amide bonds. The van der Waals surface area contributed by atoms with Crippen molar-refractivity contribution in [2.75, 3.05) is 0 Å². The lowest BCUT2D eigenvalue weighted by molar-refractivity contribution is 0.523. The second kappa shape index (κ2) is 5.40. The number of nitrogens with two attached hydrogens (primary N) is 1. The van der Waals surface area contributed by atoms with Gasteiger partial charge in [-0.15, -0.1) is 0 Å². The minimum absolute atomic E-state index is 0.0176. The molecule has 0 saturated heterocycles. The van der Waals surface area contributed by atoms with E-state index in [-0.39, 0.29) is 17.5 Å². The van der Waals surface area contributed by atoms with E-state index in [9.17, 15) is 17.6 Å². The molecule has 0 radical (unpaired) electrons. The van der Waals surface area contributed by atoms with Crippen LogP contribution in [0.15, 0.2) is 36.4 Å². The highest BCUT2D eigenvalue weighted by atomic mass is 19.1. The molecular formula is C14H11F4N. The third-order valence-corrected chi connectivity index (χ3v) is 2.85. The lowest BCUT2D eigenvalue weighted by Gasteiger charge is -2.14. The van der Waals surface area contributed by atoms with Crippen LogP contribution in [0.25, 0.3) is 0 Å². The molecular weight excluding hydrogens is 258 g/mol. The summed E-state index contributed by atoms with van der Waals surface area (Å²) in [6, 6.07) is 5.40. The maximum absolute atomic E-state index is 13.5. The Morgan fingerprint density at radius 1 is 0.895 bits per heavy atom. The first kappa shape index (κ1) is 13.5. The molecule has 1 unspecified atom stereocenters. The molecule has 5 heteroatoms. The molecule has 0 aliphatic heterocycles. The van der Waals surface area contributed by atoms with Gasteiger partial charge in [-0.25, -0.2) is 17.6 Å². The highest BCUT2D eigenvalue weighted by molar-refractivity contribution is 5.26. The molecule has 0 heterocycles. The lowest BCUT2D eigenvalue weighted by atomic mass is 9.98. The average molecular weight is 269 g/mol. The zero-order valence-corrected chi connectivity index (χ0v) is 9.84. The van der Waals surface area contributed by atoms with Crippen LogP contribution in [0.3, 0.4) is 0 Å². The zero-order chi connectivity index (χ0) is 14.0. The van der Waals surface area contributed by atoms with E-state index in [2.05, 4.69) is 0 Å². The van der Waals surface area contributed by atoms with Crippen LogP contribution in [-0.2, 0) is 6.42 Å². The summed E-state index contributed by atoms with van der Waals surface area (Å²) in [7, 11) is 0. The second-order valence-corrected chi connectivity index (χ2v) is 4.18. The van der Waals surface area contributed by atoms with Crippen LogP contribution in [0.4, 0.5) is 17.6 Å². The standard InChI is InChI=1S/C14H11F4N/c15-8-4-5-9(13(18)6-8)14(19)7-10-11(16)2-1-3-12(10)17/h1-6,14H,7,19H2. The van der Waals surface area contributed by atoms with Crippen molar-refractivity contribution in [2.24, 2.45) is 5.73 Å². The van der Waals surface area contributed by atoms with Gasteiger partial charge in [0.05, 0.1) is 0 Å². The van der Waals surface area contributed by atoms with Crippen LogP contribution < -0.4 is 5.73 Å². The summed E-state index contributed by atoms with van der Waals surface area (Å²) in [4.78, 5) is 0. The van der Waals surface area contributed by atoms with Gasteiger partial charge in [0.1, 0.15) is 23.3 Å². The van der Waals surface area contributed by atoms with Gasteiger partial charge in [-0.05, 0) is 24.6 Å². The van der Waals surface area contributed by atoms with E-state index in [4.69, 9.17) is 5.73 Å². The first-order valence-electron chi connectivity index (χ1n) is 5.62. The predicted octanol–water partition coefficient (Wildman–Crippen LogP) is 3.49. The molecule has 0 fully saturated rings. The second-order valence-electron chi connectivity index (χ2n) is 4.18. The molecule has 2 N–H and O–H groups in total. The Hall–Kier alpha value is -1.88. The van der Waals surface area contributed by atoms with E-state index >= 15 is 0 Å². The SMILES string of the molecule is NC(Cc1c(F)cccc1F)c1ccc(F)cc1F. The Labute approximate surface area is 107 Å². The summed E-state index contributed by atoms with van der Waals surface area (Å²) in [6.45, 7) is 0. The zero-order valence-electron chi connectivity index (χ0n) is 9.84. The number of benzene rings is 2. The summed E-state index contributed by atoms with van der Waals surface area (Å²) in [5, 5.41) is 0. The Balaban J connectivity index is 2.28. The first-order valence-corrected chi connectivity index (χ1v) is 5.62. The van der Waals surface area contributed by atoms with Crippen LogP contribution in [0.5, 0.6) is 0 Å². The largest absolute Gasteiger partial charge is 0.324 e. The van der Waals surface area contributed by atoms with Gasteiger partial charge in [-0.1, -0.05) is 12.1 Å².